The van der Waals surface area contributed by atoms with Gasteiger partial charge in [-0.05, 0) is 45.7 Å². The highest BCUT2D eigenvalue weighted by Crippen LogP contribution is 2.25. The van der Waals surface area contributed by atoms with Crippen LogP contribution in [-0.4, -0.2) is 0 Å². The van der Waals surface area contributed by atoms with E-state index >= 15 is 0 Å². The fraction of sp³-hybridized carbons (Fsp3) is 0.0588. The van der Waals surface area contributed by atoms with Crippen LogP contribution in [0.1, 0.15) is 5.56 Å². The number of halogens is 1. The molecule has 0 aliphatic heterocycles. The van der Waals surface area contributed by atoms with Gasteiger partial charge in [0.1, 0.15) is 0 Å². The van der Waals surface area contributed by atoms with Crippen LogP contribution < -0.4 is 0 Å². The maximum atomic E-state index is 5.62. The Balaban J connectivity index is 2.29. The van der Waals surface area contributed by atoms with E-state index in [0.717, 1.165) is 6.42 Å². The zero-order valence-electron chi connectivity index (χ0n) is 9.94. The maximum absolute atomic E-state index is 5.62. The van der Waals surface area contributed by atoms with Gasteiger partial charge in [-0.15, -0.1) is 0 Å². The molecule has 0 nitrogen and oxygen atoms in total. The van der Waals surface area contributed by atoms with Crippen LogP contribution in [0.25, 0.3) is 21.5 Å². The molecule has 1 heteroatoms. The molecule has 0 aliphatic carbocycles. The van der Waals surface area contributed by atoms with Crippen molar-refractivity contribution in [1.29, 1.82) is 0 Å². The number of allylic oxidation sites excluding steroid dienone is 1. The van der Waals surface area contributed by atoms with Crippen molar-refractivity contribution < 1.29 is 0 Å². The SMILES string of the molecule is ClC=CCc1cccc2cc3ccccc3cc12. The van der Waals surface area contributed by atoms with E-state index in [-0.39, 0.29) is 0 Å². The molecule has 0 saturated heterocycles. The van der Waals surface area contributed by atoms with Crippen molar-refractivity contribution in [3.8, 4) is 0 Å². The Morgan fingerprint density at radius 2 is 1.56 bits per heavy atom. The van der Waals surface area contributed by atoms with E-state index in [1.807, 2.05) is 6.08 Å². The molecule has 3 rings (SSSR count). The fourth-order valence-electron chi connectivity index (χ4n) is 2.38. The largest absolute Gasteiger partial charge is 0.0933 e. The second-order valence-electron chi connectivity index (χ2n) is 4.40. The number of rotatable bonds is 2. The molecule has 0 spiro atoms. The van der Waals surface area contributed by atoms with Crippen LogP contribution >= 0.6 is 11.6 Å². The lowest BCUT2D eigenvalue weighted by molar-refractivity contribution is 1.31. The molecule has 3 aromatic rings. The molecule has 0 saturated carbocycles. The number of fused-ring (bicyclic) bond motifs is 2. The minimum Gasteiger partial charge on any atom is -0.0933 e. The predicted molar refractivity (Wildman–Crippen MR) is 80.2 cm³/mol. The van der Waals surface area contributed by atoms with Crippen molar-refractivity contribution >= 4 is 33.1 Å². The second-order valence-corrected chi connectivity index (χ2v) is 4.66. The Labute approximate surface area is 112 Å². The van der Waals surface area contributed by atoms with Gasteiger partial charge in [0.15, 0.2) is 0 Å². The Morgan fingerprint density at radius 3 is 2.33 bits per heavy atom. The molecule has 0 atom stereocenters. The Morgan fingerprint density at radius 1 is 0.833 bits per heavy atom. The van der Waals surface area contributed by atoms with Crippen LogP contribution in [0.15, 0.2) is 66.2 Å². The van der Waals surface area contributed by atoms with Crippen LogP contribution in [0.5, 0.6) is 0 Å². The molecule has 0 amide bonds. The molecule has 88 valence electrons. The summed E-state index contributed by atoms with van der Waals surface area (Å²) in [5.74, 6) is 0. The normalized spacial score (nSPS) is 11.6. The average Bonchev–Trinajstić information content (AvgIpc) is 2.43. The van der Waals surface area contributed by atoms with Crippen molar-refractivity contribution in [2.75, 3.05) is 0 Å². The van der Waals surface area contributed by atoms with Crippen molar-refractivity contribution in [3.63, 3.8) is 0 Å². The first kappa shape index (κ1) is 11.3. The molecular weight excluding hydrogens is 240 g/mol. The summed E-state index contributed by atoms with van der Waals surface area (Å²) in [5.41, 5.74) is 2.90. The molecule has 0 fully saturated rings. The third-order valence-electron chi connectivity index (χ3n) is 3.26. The minimum atomic E-state index is 0.874. The molecule has 0 heterocycles. The van der Waals surface area contributed by atoms with E-state index in [1.165, 1.54) is 27.1 Å². The van der Waals surface area contributed by atoms with E-state index in [0.29, 0.717) is 0 Å². The quantitative estimate of drug-likeness (QED) is 0.544. The van der Waals surface area contributed by atoms with Crippen LogP contribution in [0.3, 0.4) is 0 Å². The standard InChI is InChI=1S/C17H13Cl/c18-10-4-9-13-7-3-8-16-11-14-5-1-2-6-15(14)12-17(13)16/h1-8,10-12H,9H2. The van der Waals surface area contributed by atoms with Crippen LogP contribution in [0.2, 0.25) is 0 Å². The van der Waals surface area contributed by atoms with E-state index in [1.54, 1.807) is 5.54 Å². The highest BCUT2D eigenvalue weighted by atomic mass is 35.5. The summed E-state index contributed by atoms with van der Waals surface area (Å²) < 4.78 is 0. The molecule has 0 bridgehead atoms. The lowest BCUT2D eigenvalue weighted by Gasteiger charge is -2.06. The van der Waals surface area contributed by atoms with Crippen molar-refractivity contribution in [1.82, 2.24) is 0 Å². The summed E-state index contributed by atoms with van der Waals surface area (Å²) in [6.45, 7) is 0. The zero-order valence-corrected chi connectivity index (χ0v) is 10.7. The summed E-state index contributed by atoms with van der Waals surface area (Å²) in [4.78, 5) is 0. The third-order valence-corrected chi connectivity index (χ3v) is 3.44. The first-order chi connectivity index (χ1) is 8.88. The minimum absolute atomic E-state index is 0.874. The van der Waals surface area contributed by atoms with E-state index in [2.05, 4.69) is 54.6 Å². The van der Waals surface area contributed by atoms with E-state index in [4.69, 9.17) is 11.6 Å². The Kier molecular flexibility index (Phi) is 3.04. The van der Waals surface area contributed by atoms with Gasteiger partial charge < -0.3 is 0 Å². The van der Waals surface area contributed by atoms with Gasteiger partial charge in [0.05, 0.1) is 0 Å². The fourth-order valence-corrected chi connectivity index (χ4v) is 2.47. The van der Waals surface area contributed by atoms with E-state index in [9.17, 15) is 0 Å². The van der Waals surface area contributed by atoms with Gasteiger partial charge in [-0.3, -0.25) is 0 Å². The number of hydrogen-bond donors (Lipinski definition) is 0. The molecule has 0 unspecified atom stereocenters. The first-order valence-electron chi connectivity index (χ1n) is 6.04. The van der Waals surface area contributed by atoms with Gasteiger partial charge in [0.25, 0.3) is 0 Å². The first-order valence-corrected chi connectivity index (χ1v) is 6.48. The molecule has 0 aliphatic rings. The van der Waals surface area contributed by atoms with Crippen molar-refractivity contribution in [3.05, 3.63) is 71.8 Å². The summed E-state index contributed by atoms with van der Waals surface area (Å²) in [7, 11) is 0. The highest BCUT2D eigenvalue weighted by molar-refractivity contribution is 6.25. The summed E-state index contributed by atoms with van der Waals surface area (Å²) >= 11 is 5.62. The summed E-state index contributed by atoms with van der Waals surface area (Å²) in [6.07, 6.45) is 2.85. The highest BCUT2D eigenvalue weighted by Gasteiger charge is 2.01. The smallest absolute Gasteiger partial charge is 0.000580 e. The van der Waals surface area contributed by atoms with Gasteiger partial charge in [0.2, 0.25) is 0 Å². The second kappa shape index (κ2) is 4.83. The maximum Gasteiger partial charge on any atom is 0.000580 e. The van der Waals surface area contributed by atoms with Crippen LogP contribution in [-0.2, 0) is 6.42 Å². The van der Waals surface area contributed by atoms with Crippen LogP contribution in [0, 0.1) is 0 Å². The average molecular weight is 253 g/mol. The van der Waals surface area contributed by atoms with Gasteiger partial charge in [-0.25, -0.2) is 0 Å². The molecule has 0 radical (unpaired) electrons. The number of hydrogen-bond acceptors (Lipinski definition) is 0. The van der Waals surface area contributed by atoms with Gasteiger partial charge in [-0.2, -0.15) is 0 Å². The van der Waals surface area contributed by atoms with Crippen molar-refractivity contribution in [2.24, 2.45) is 0 Å². The van der Waals surface area contributed by atoms with Crippen molar-refractivity contribution in [2.45, 2.75) is 6.42 Å². The van der Waals surface area contributed by atoms with Crippen LogP contribution in [0.4, 0.5) is 0 Å². The topological polar surface area (TPSA) is 0 Å². The molecule has 0 aromatic heterocycles. The molecule has 0 N–H and O–H groups in total. The van der Waals surface area contributed by atoms with E-state index < -0.39 is 0 Å². The molecule has 3 aromatic carbocycles. The lowest BCUT2D eigenvalue weighted by Crippen LogP contribution is -1.85. The number of benzene rings is 3. The zero-order chi connectivity index (χ0) is 12.4. The molecular formula is C17H13Cl. The molecule has 18 heavy (non-hydrogen) atoms. The van der Waals surface area contributed by atoms with Gasteiger partial charge >= 0.3 is 0 Å². The summed E-state index contributed by atoms with van der Waals surface area (Å²) in [6, 6.07) is 19.4. The van der Waals surface area contributed by atoms with Gasteiger partial charge in [0, 0.05) is 5.54 Å². The Hall–Kier alpha value is -1.79. The summed E-state index contributed by atoms with van der Waals surface area (Å²) in [5, 5.41) is 5.17. The third kappa shape index (κ3) is 2.00. The lowest BCUT2D eigenvalue weighted by atomic mass is 9.98. The monoisotopic (exact) mass is 252 g/mol. The predicted octanol–water partition coefficient (Wildman–Crippen LogP) is 5.29. The Bertz CT molecular complexity index is 726. The van der Waals surface area contributed by atoms with Gasteiger partial charge in [-0.1, -0.05) is 60.1 Å².